The molecule has 0 aromatic heterocycles. The summed E-state index contributed by atoms with van der Waals surface area (Å²) in [4.78, 5) is 26.6. The van der Waals surface area contributed by atoms with Crippen molar-refractivity contribution in [3.05, 3.63) is 69.2 Å². The number of halogens is 2. The largest absolute Gasteiger partial charge is 0.357 e. The Morgan fingerprint density at radius 3 is 2.56 bits per heavy atom. The maximum absolute atomic E-state index is 12.8. The molecule has 0 radical (unpaired) electrons. The number of hydrogen-bond acceptors (Lipinski definition) is 3. The van der Waals surface area contributed by atoms with Gasteiger partial charge in [-0.2, -0.15) is 0 Å². The first-order valence-electron chi connectivity index (χ1n) is 8.48. The Morgan fingerprint density at radius 2 is 1.89 bits per heavy atom. The van der Waals surface area contributed by atoms with E-state index in [9.17, 15) is 9.59 Å². The second kappa shape index (κ2) is 10.7. The summed E-state index contributed by atoms with van der Waals surface area (Å²) >= 11 is 11.0. The molecule has 1 N–H and O–H groups in total. The van der Waals surface area contributed by atoms with Crippen LogP contribution in [-0.2, 0) is 21.9 Å². The van der Waals surface area contributed by atoms with Crippen LogP contribution in [-0.4, -0.2) is 35.6 Å². The SMILES string of the molecule is CNC(=O)[C@@H](C)N(Cc1cccc(Br)c1)C(=O)CSCc1cccc(Cl)c1. The summed E-state index contributed by atoms with van der Waals surface area (Å²) in [5.74, 6) is 0.726. The molecule has 1 atom stereocenters. The first kappa shape index (κ1) is 21.8. The molecule has 0 saturated carbocycles. The number of nitrogens with one attached hydrogen (secondary N) is 1. The smallest absolute Gasteiger partial charge is 0.242 e. The van der Waals surface area contributed by atoms with Crippen molar-refractivity contribution in [1.29, 1.82) is 0 Å². The van der Waals surface area contributed by atoms with Crippen LogP contribution in [0, 0.1) is 0 Å². The summed E-state index contributed by atoms with van der Waals surface area (Å²) in [6.45, 7) is 2.13. The molecule has 2 amide bonds. The zero-order valence-corrected chi connectivity index (χ0v) is 18.4. The second-order valence-corrected chi connectivity index (χ2v) is 8.40. The predicted octanol–water partition coefficient (Wildman–Crippen LogP) is 4.50. The number of amides is 2. The summed E-state index contributed by atoms with van der Waals surface area (Å²) in [6.07, 6.45) is 0. The van der Waals surface area contributed by atoms with E-state index in [0.717, 1.165) is 15.6 Å². The summed E-state index contributed by atoms with van der Waals surface area (Å²) in [5, 5.41) is 3.31. The Kier molecular flexibility index (Phi) is 8.67. The molecule has 0 unspecified atom stereocenters. The van der Waals surface area contributed by atoms with E-state index in [4.69, 9.17) is 11.6 Å². The highest BCUT2D eigenvalue weighted by molar-refractivity contribution is 9.10. The summed E-state index contributed by atoms with van der Waals surface area (Å²) in [5.41, 5.74) is 2.03. The van der Waals surface area contributed by atoms with Gasteiger partial charge in [0.05, 0.1) is 5.75 Å². The standard InChI is InChI=1S/C20H22BrClN2O2S/c1-14(20(26)23-2)24(11-15-5-3-7-17(21)9-15)19(25)13-27-12-16-6-4-8-18(22)10-16/h3-10,14H,11-13H2,1-2H3,(H,23,26)/t14-/m1/s1. The van der Waals surface area contributed by atoms with Gasteiger partial charge in [-0.25, -0.2) is 0 Å². The molecule has 2 aromatic rings. The van der Waals surface area contributed by atoms with Crippen LogP contribution in [0.25, 0.3) is 0 Å². The molecule has 2 aromatic carbocycles. The van der Waals surface area contributed by atoms with Crippen molar-refractivity contribution >= 4 is 51.1 Å². The minimum Gasteiger partial charge on any atom is -0.357 e. The molecule has 0 spiro atoms. The number of carbonyl (C=O) groups is 2. The lowest BCUT2D eigenvalue weighted by Gasteiger charge is -2.28. The highest BCUT2D eigenvalue weighted by Crippen LogP contribution is 2.19. The molecule has 0 bridgehead atoms. The van der Waals surface area contributed by atoms with Gasteiger partial charge in [0.1, 0.15) is 6.04 Å². The number of nitrogens with zero attached hydrogens (tertiary/aromatic N) is 1. The van der Waals surface area contributed by atoms with Crippen molar-refractivity contribution < 1.29 is 9.59 Å². The fourth-order valence-electron chi connectivity index (χ4n) is 2.59. The molecule has 4 nitrogen and oxygen atoms in total. The number of rotatable bonds is 8. The van der Waals surface area contributed by atoms with Gasteiger partial charge in [0.25, 0.3) is 0 Å². The van der Waals surface area contributed by atoms with Gasteiger partial charge >= 0.3 is 0 Å². The van der Waals surface area contributed by atoms with E-state index in [1.807, 2.05) is 48.5 Å². The Morgan fingerprint density at radius 1 is 1.19 bits per heavy atom. The zero-order valence-electron chi connectivity index (χ0n) is 15.2. The van der Waals surface area contributed by atoms with Gasteiger partial charge in [-0.1, -0.05) is 51.8 Å². The monoisotopic (exact) mass is 468 g/mol. The van der Waals surface area contributed by atoms with Crippen LogP contribution in [0.3, 0.4) is 0 Å². The number of carbonyl (C=O) groups excluding carboxylic acids is 2. The first-order valence-corrected chi connectivity index (χ1v) is 10.8. The second-order valence-electron chi connectivity index (χ2n) is 6.06. The van der Waals surface area contributed by atoms with Crippen LogP contribution < -0.4 is 5.32 Å². The van der Waals surface area contributed by atoms with Gasteiger partial charge in [-0.3, -0.25) is 9.59 Å². The topological polar surface area (TPSA) is 49.4 Å². The van der Waals surface area contributed by atoms with E-state index in [1.165, 1.54) is 11.8 Å². The average molecular weight is 470 g/mol. The van der Waals surface area contributed by atoms with Crippen molar-refractivity contribution in [3.63, 3.8) is 0 Å². The number of benzene rings is 2. The lowest BCUT2D eigenvalue weighted by Crippen LogP contribution is -2.47. The average Bonchev–Trinajstić information content (AvgIpc) is 2.65. The van der Waals surface area contributed by atoms with Crippen molar-refractivity contribution in [1.82, 2.24) is 10.2 Å². The van der Waals surface area contributed by atoms with Crippen LogP contribution in [0.5, 0.6) is 0 Å². The van der Waals surface area contributed by atoms with Crippen LogP contribution in [0.1, 0.15) is 18.1 Å². The Labute approximate surface area is 177 Å². The molecular weight excluding hydrogens is 448 g/mol. The van der Waals surface area contributed by atoms with Gasteiger partial charge in [-0.15, -0.1) is 11.8 Å². The van der Waals surface area contributed by atoms with E-state index in [0.29, 0.717) is 23.1 Å². The maximum atomic E-state index is 12.8. The molecule has 0 aliphatic heterocycles. The lowest BCUT2D eigenvalue weighted by molar-refractivity contribution is -0.138. The summed E-state index contributed by atoms with van der Waals surface area (Å²) in [6, 6.07) is 14.8. The third kappa shape index (κ3) is 6.87. The van der Waals surface area contributed by atoms with Crippen LogP contribution in [0.2, 0.25) is 5.02 Å². The number of thioether (sulfide) groups is 1. The van der Waals surface area contributed by atoms with Gasteiger partial charge < -0.3 is 10.2 Å². The molecule has 0 aliphatic rings. The van der Waals surface area contributed by atoms with E-state index in [1.54, 1.807) is 18.9 Å². The first-order chi connectivity index (χ1) is 12.9. The quantitative estimate of drug-likeness (QED) is 0.619. The molecule has 0 heterocycles. The molecular formula is C20H22BrClN2O2S. The van der Waals surface area contributed by atoms with Crippen LogP contribution in [0.15, 0.2) is 53.0 Å². The molecule has 0 saturated heterocycles. The maximum Gasteiger partial charge on any atom is 0.242 e. The fourth-order valence-corrected chi connectivity index (χ4v) is 4.11. The molecule has 2 rings (SSSR count). The van der Waals surface area contributed by atoms with Crippen LogP contribution >= 0.6 is 39.3 Å². The molecule has 7 heteroatoms. The summed E-state index contributed by atoms with van der Waals surface area (Å²) < 4.78 is 0.940. The van der Waals surface area contributed by atoms with Crippen LogP contribution in [0.4, 0.5) is 0 Å². The third-order valence-electron chi connectivity index (χ3n) is 4.04. The molecule has 27 heavy (non-hydrogen) atoms. The summed E-state index contributed by atoms with van der Waals surface area (Å²) in [7, 11) is 1.58. The molecule has 0 fully saturated rings. The third-order valence-corrected chi connectivity index (χ3v) is 5.76. The lowest BCUT2D eigenvalue weighted by atomic mass is 10.1. The Balaban J connectivity index is 2.04. The Bertz CT molecular complexity index is 803. The normalized spacial score (nSPS) is 11.7. The van der Waals surface area contributed by atoms with Gasteiger partial charge in [0, 0.05) is 28.8 Å². The van der Waals surface area contributed by atoms with Crippen molar-refractivity contribution in [2.75, 3.05) is 12.8 Å². The number of hydrogen-bond donors (Lipinski definition) is 1. The minimum absolute atomic E-state index is 0.0712. The van der Waals surface area contributed by atoms with Crippen molar-refractivity contribution in [3.8, 4) is 0 Å². The number of likely N-dealkylation sites (N-methyl/N-ethyl adjacent to an activating group) is 1. The van der Waals surface area contributed by atoms with E-state index in [-0.39, 0.29) is 11.8 Å². The minimum atomic E-state index is -0.548. The predicted molar refractivity (Wildman–Crippen MR) is 116 cm³/mol. The highest BCUT2D eigenvalue weighted by atomic mass is 79.9. The fraction of sp³-hybridized carbons (Fsp3) is 0.300. The van der Waals surface area contributed by atoms with Crippen molar-refractivity contribution in [2.24, 2.45) is 0 Å². The highest BCUT2D eigenvalue weighted by Gasteiger charge is 2.25. The van der Waals surface area contributed by atoms with Gasteiger partial charge in [0.15, 0.2) is 0 Å². The van der Waals surface area contributed by atoms with Gasteiger partial charge in [0.2, 0.25) is 11.8 Å². The Hall–Kier alpha value is -1.50. The van der Waals surface area contributed by atoms with Gasteiger partial charge in [-0.05, 0) is 42.3 Å². The zero-order chi connectivity index (χ0) is 19.8. The van der Waals surface area contributed by atoms with Crippen molar-refractivity contribution in [2.45, 2.75) is 25.3 Å². The molecule has 0 aliphatic carbocycles. The molecule has 144 valence electrons. The van der Waals surface area contributed by atoms with E-state index in [2.05, 4.69) is 21.2 Å². The van der Waals surface area contributed by atoms with E-state index < -0.39 is 6.04 Å². The van der Waals surface area contributed by atoms with E-state index >= 15 is 0 Å².